The highest BCUT2D eigenvalue weighted by atomic mass is 19.2. The molecule has 1 aromatic carbocycles. The molecule has 1 N–H and O–H groups in total. The molecule has 0 atom stereocenters. The summed E-state index contributed by atoms with van der Waals surface area (Å²) in [6, 6.07) is 0.141. The molecule has 0 saturated carbocycles. The minimum Gasteiger partial charge on any atom is -0.466 e. The number of hydrogen-bond acceptors (Lipinski definition) is 6. The Balaban J connectivity index is 3.10. The first-order valence-corrected chi connectivity index (χ1v) is 7.88. The first kappa shape index (κ1) is 22.1. The SMILES string of the molecule is CCOC(=O)CCNC=C(C(=O)OCC)C(=O)c1cc(F)c(F)c(F)c1F. The summed E-state index contributed by atoms with van der Waals surface area (Å²) in [7, 11) is 0. The average Bonchev–Trinajstić information content (AvgIpc) is 2.62. The lowest BCUT2D eigenvalue weighted by molar-refractivity contribution is -0.143. The highest BCUT2D eigenvalue weighted by Crippen LogP contribution is 2.21. The minimum atomic E-state index is -2.18. The van der Waals surface area contributed by atoms with Crippen LogP contribution in [0.2, 0.25) is 0 Å². The van der Waals surface area contributed by atoms with E-state index in [9.17, 15) is 31.9 Å². The number of carbonyl (C=O) groups excluding carboxylic acids is 3. The molecule has 0 heterocycles. The van der Waals surface area contributed by atoms with Crippen molar-refractivity contribution in [1.82, 2.24) is 5.32 Å². The zero-order valence-electron chi connectivity index (χ0n) is 14.5. The molecule has 27 heavy (non-hydrogen) atoms. The van der Waals surface area contributed by atoms with Crippen molar-refractivity contribution < 1.29 is 41.4 Å². The Labute approximate surface area is 152 Å². The maximum absolute atomic E-state index is 13.8. The van der Waals surface area contributed by atoms with Gasteiger partial charge in [-0.05, 0) is 19.9 Å². The number of nitrogens with one attached hydrogen (secondary N) is 1. The Hall–Kier alpha value is -2.91. The first-order valence-electron chi connectivity index (χ1n) is 7.88. The molecule has 0 aliphatic heterocycles. The van der Waals surface area contributed by atoms with Crippen LogP contribution < -0.4 is 5.32 Å². The zero-order valence-corrected chi connectivity index (χ0v) is 14.5. The van der Waals surface area contributed by atoms with Crippen LogP contribution in [0.1, 0.15) is 30.6 Å². The van der Waals surface area contributed by atoms with E-state index in [2.05, 4.69) is 14.8 Å². The van der Waals surface area contributed by atoms with Crippen LogP contribution in [0.25, 0.3) is 0 Å². The topological polar surface area (TPSA) is 81.7 Å². The Morgan fingerprint density at radius 3 is 2.22 bits per heavy atom. The minimum absolute atomic E-state index is 0.0519. The van der Waals surface area contributed by atoms with Gasteiger partial charge in [-0.25, -0.2) is 22.4 Å². The number of halogens is 4. The highest BCUT2D eigenvalue weighted by molar-refractivity contribution is 6.24. The molecule has 0 aliphatic rings. The molecule has 0 spiro atoms. The van der Waals surface area contributed by atoms with E-state index in [4.69, 9.17) is 0 Å². The molecule has 148 valence electrons. The summed E-state index contributed by atoms with van der Waals surface area (Å²) in [6.45, 7) is 3.02. The monoisotopic (exact) mass is 391 g/mol. The first-order chi connectivity index (χ1) is 12.7. The molecule has 0 amide bonds. The molecule has 1 aromatic rings. The Bertz CT molecular complexity index is 764. The van der Waals surface area contributed by atoms with Crippen molar-refractivity contribution in [3.05, 3.63) is 46.7 Å². The van der Waals surface area contributed by atoms with Crippen LogP contribution in [0.3, 0.4) is 0 Å². The fraction of sp³-hybridized carbons (Fsp3) is 0.353. The van der Waals surface area contributed by atoms with Crippen LogP contribution in [0.5, 0.6) is 0 Å². The fourth-order valence-electron chi connectivity index (χ4n) is 1.89. The normalized spacial score (nSPS) is 11.1. The van der Waals surface area contributed by atoms with Gasteiger partial charge in [-0.1, -0.05) is 0 Å². The number of ketones is 1. The molecular weight excluding hydrogens is 374 g/mol. The molecule has 0 aliphatic carbocycles. The van der Waals surface area contributed by atoms with E-state index in [0.717, 1.165) is 6.20 Å². The van der Waals surface area contributed by atoms with E-state index in [-0.39, 0.29) is 32.2 Å². The van der Waals surface area contributed by atoms with Gasteiger partial charge in [0.05, 0.1) is 25.2 Å². The van der Waals surface area contributed by atoms with Gasteiger partial charge in [-0.15, -0.1) is 0 Å². The Morgan fingerprint density at radius 2 is 1.63 bits per heavy atom. The van der Waals surface area contributed by atoms with Gasteiger partial charge < -0.3 is 14.8 Å². The van der Waals surface area contributed by atoms with Gasteiger partial charge in [0.25, 0.3) is 0 Å². The van der Waals surface area contributed by atoms with Crippen molar-refractivity contribution in [1.29, 1.82) is 0 Å². The van der Waals surface area contributed by atoms with Crippen molar-refractivity contribution in [2.75, 3.05) is 19.8 Å². The summed E-state index contributed by atoms with van der Waals surface area (Å²) in [5, 5.41) is 2.46. The van der Waals surface area contributed by atoms with Crippen LogP contribution in [-0.4, -0.2) is 37.5 Å². The third kappa shape index (κ3) is 5.80. The number of esters is 2. The number of benzene rings is 1. The van der Waals surface area contributed by atoms with Crippen LogP contribution in [0.15, 0.2) is 17.8 Å². The van der Waals surface area contributed by atoms with Crippen molar-refractivity contribution >= 4 is 17.7 Å². The lowest BCUT2D eigenvalue weighted by atomic mass is 10.0. The van der Waals surface area contributed by atoms with E-state index in [0.29, 0.717) is 0 Å². The number of Topliss-reactive ketones (excluding diaryl/α,β-unsaturated/α-hetero) is 1. The molecule has 0 unspecified atom stereocenters. The van der Waals surface area contributed by atoms with Gasteiger partial charge in [0.1, 0.15) is 5.57 Å². The quantitative estimate of drug-likeness (QED) is 0.0802. The lowest BCUT2D eigenvalue weighted by Crippen LogP contribution is -2.22. The van der Waals surface area contributed by atoms with Crippen molar-refractivity contribution in [2.24, 2.45) is 0 Å². The summed E-state index contributed by atoms with van der Waals surface area (Å²) in [4.78, 5) is 35.5. The predicted octanol–water partition coefficient (Wildman–Crippen LogP) is 2.42. The standard InChI is InChI=1S/C17H17F4NO5/c1-3-26-12(23)5-6-22-8-10(17(25)27-4-2)16(24)9-7-11(18)14(20)15(21)13(9)19/h7-8,22H,3-6H2,1-2H3. The lowest BCUT2D eigenvalue weighted by Gasteiger charge is -2.09. The second-order valence-corrected chi connectivity index (χ2v) is 4.96. The van der Waals surface area contributed by atoms with Gasteiger partial charge in [0.15, 0.2) is 23.3 Å². The summed E-state index contributed by atoms with van der Waals surface area (Å²) in [6.07, 6.45) is 0.709. The molecule has 6 nitrogen and oxygen atoms in total. The van der Waals surface area contributed by atoms with Crippen LogP contribution in [-0.2, 0) is 19.1 Å². The van der Waals surface area contributed by atoms with Gasteiger partial charge in [-0.2, -0.15) is 0 Å². The molecule has 10 heteroatoms. The smallest absolute Gasteiger partial charge is 0.343 e. The van der Waals surface area contributed by atoms with Crippen LogP contribution in [0, 0.1) is 23.3 Å². The molecule has 0 aromatic heterocycles. The van der Waals surface area contributed by atoms with E-state index < -0.39 is 52.1 Å². The fourth-order valence-corrected chi connectivity index (χ4v) is 1.89. The number of rotatable bonds is 9. The van der Waals surface area contributed by atoms with E-state index >= 15 is 0 Å². The third-order valence-corrected chi connectivity index (χ3v) is 3.11. The number of hydrogen-bond donors (Lipinski definition) is 1. The summed E-state index contributed by atoms with van der Waals surface area (Å²) in [5.41, 5.74) is -1.97. The van der Waals surface area contributed by atoms with E-state index in [1.54, 1.807) is 6.92 Å². The van der Waals surface area contributed by atoms with E-state index in [1.165, 1.54) is 6.92 Å². The van der Waals surface area contributed by atoms with Gasteiger partial charge in [-0.3, -0.25) is 9.59 Å². The molecule has 0 bridgehead atoms. The van der Waals surface area contributed by atoms with Gasteiger partial charge in [0, 0.05) is 12.7 Å². The summed E-state index contributed by atoms with van der Waals surface area (Å²) < 4.78 is 62.9. The Kier molecular flexibility index (Phi) is 8.43. The second kappa shape index (κ2) is 10.3. The van der Waals surface area contributed by atoms with Crippen LogP contribution in [0.4, 0.5) is 17.6 Å². The number of ether oxygens (including phenoxy) is 2. The largest absolute Gasteiger partial charge is 0.466 e. The predicted molar refractivity (Wildman–Crippen MR) is 84.6 cm³/mol. The zero-order chi connectivity index (χ0) is 20.6. The second-order valence-electron chi connectivity index (χ2n) is 4.96. The molecule has 0 radical (unpaired) electrons. The molecule has 0 fully saturated rings. The van der Waals surface area contributed by atoms with E-state index in [1.807, 2.05) is 0 Å². The molecule has 0 saturated heterocycles. The summed E-state index contributed by atoms with van der Waals surface area (Å²) in [5.74, 6) is -11.2. The number of carbonyl (C=O) groups is 3. The van der Waals surface area contributed by atoms with Gasteiger partial charge >= 0.3 is 11.9 Å². The highest BCUT2D eigenvalue weighted by Gasteiger charge is 2.28. The summed E-state index contributed by atoms with van der Waals surface area (Å²) >= 11 is 0. The molecule has 1 rings (SSSR count). The Morgan fingerprint density at radius 1 is 1.00 bits per heavy atom. The average molecular weight is 391 g/mol. The van der Waals surface area contributed by atoms with Crippen LogP contribution >= 0.6 is 0 Å². The maximum Gasteiger partial charge on any atom is 0.343 e. The third-order valence-electron chi connectivity index (χ3n) is 3.11. The van der Waals surface area contributed by atoms with Crippen molar-refractivity contribution in [3.63, 3.8) is 0 Å². The van der Waals surface area contributed by atoms with Crippen molar-refractivity contribution in [2.45, 2.75) is 20.3 Å². The van der Waals surface area contributed by atoms with Crippen molar-refractivity contribution in [3.8, 4) is 0 Å². The van der Waals surface area contributed by atoms with Gasteiger partial charge in [0.2, 0.25) is 5.78 Å². The molecular formula is C17H17F4NO5. The maximum atomic E-state index is 13.8.